The van der Waals surface area contributed by atoms with Crippen molar-refractivity contribution in [3.05, 3.63) is 238 Å². The van der Waals surface area contributed by atoms with Gasteiger partial charge in [-0.3, -0.25) is 14.2 Å². The van der Waals surface area contributed by atoms with Crippen LogP contribution in [0.1, 0.15) is 78.2 Å². The zero-order valence-corrected chi connectivity index (χ0v) is 37.1. The molecule has 2 atom stereocenters. The maximum Gasteiger partial charge on any atom is 0.261 e. The third-order valence-corrected chi connectivity index (χ3v) is 13.7. The highest BCUT2D eigenvalue weighted by atomic mass is 16.7. The molecule has 66 heavy (non-hydrogen) atoms. The Bertz CT molecular complexity index is 3060. The molecule has 7 aromatic carbocycles. The molecule has 9 nitrogen and oxygen atoms in total. The van der Waals surface area contributed by atoms with Gasteiger partial charge in [-0.15, -0.1) is 5.10 Å². The van der Waals surface area contributed by atoms with Crippen LogP contribution in [-0.4, -0.2) is 47.4 Å². The van der Waals surface area contributed by atoms with Crippen LogP contribution in [0, 0.1) is 0 Å². The van der Waals surface area contributed by atoms with Crippen LogP contribution in [0.5, 0.6) is 0 Å². The van der Waals surface area contributed by atoms with E-state index in [1.54, 1.807) is 0 Å². The molecule has 0 aliphatic carbocycles. The Kier molecular flexibility index (Phi) is 11.0. The van der Waals surface area contributed by atoms with Gasteiger partial charge in [-0.05, 0) is 86.3 Å². The van der Waals surface area contributed by atoms with Gasteiger partial charge in [0.15, 0.2) is 5.82 Å². The first kappa shape index (κ1) is 41.4. The van der Waals surface area contributed by atoms with Crippen LogP contribution >= 0.6 is 0 Å². The van der Waals surface area contributed by atoms with E-state index in [9.17, 15) is 4.79 Å². The second-order valence-electron chi connectivity index (χ2n) is 17.6. The average molecular weight is 866 g/mol. The number of tetrazole rings is 1. The molecule has 0 bridgehead atoms. The highest BCUT2D eigenvalue weighted by Crippen LogP contribution is 2.48. The lowest BCUT2D eigenvalue weighted by atomic mass is 9.77. The monoisotopic (exact) mass is 865 g/mol. The first-order chi connectivity index (χ1) is 32.6. The lowest BCUT2D eigenvalue weighted by Crippen LogP contribution is -2.39. The molecule has 0 radical (unpaired) electrons. The molecule has 326 valence electrons. The molecule has 9 heteroatoms. The number of hydrogen-bond donors (Lipinski definition) is 0. The first-order valence-corrected chi connectivity index (χ1v) is 23.3. The highest BCUT2D eigenvalue weighted by Gasteiger charge is 2.50. The van der Waals surface area contributed by atoms with Gasteiger partial charge in [0.1, 0.15) is 17.0 Å². The van der Waals surface area contributed by atoms with Gasteiger partial charge in [-0.25, -0.2) is 9.67 Å². The van der Waals surface area contributed by atoms with E-state index in [0.717, 1.165) is 100 Å². The number of nitrogens with zero attached hydrogens (tertiary/aromatic N) is 7. The van der Waals surface area contributed by atoms with Gasteiger partial charge in [0, 0.05) is 31.0 Å². The van der Waals surface area contributed by atoms with Crippen LogP contribution in [0.4, 0.5) is 0 Å². The second kappa shape index (κ2) is 17.6. The number of aromatic nitrogens is 6. The summed E-state index contributed by atoms with van der Waals surface area (Å²) < 4.78 is 3.87. The van der Waals surface area contributed by atoms with Gasteiger partial charge in [0.05, 0.1) is 17.4 Å². The largest absolute Gasteiger partial charge is 0.292 e. The fourth-order valence-electron chi connectivity index (χ4n) is 10.5. The summed E-state index contributed by atoms with van der Waals surface area (Å²) in [5.41, 5.74) is 8.24. The van der Waals surface area contributed by atoms with E-state index in [1.807, 2.05) is 45.6 Å². The molecule has 2 fully saturated rings. The maximum absolute atomic E-state index is 14.9. The summed E-state index contributed by atoms with van der Waals surface area (Å²) in [4.78, 5) is 26.9. The van der Waals surface area contributed by atoms with Gasteiger partial charge in [0.2, 0.25) is 0 Å². The van der Waals surface area contributed by atoms with Crippen molar-refractivity contribution >= 4 is 10.9 Å². The van der Waals surface area contributed by atoms with E-state index < -0.39 is 11.1 Å². The van der Waals surface area contributed by atoms with Gasteiger partial charge in [0.25, 0.3) is 5.56 Å². The molecule has 0 spiro atoms. The predicted molar refractivity (Wildman–Crippen MR) is 260 cm³/mol. The molecule has 2 aliphatic rings. The normalized spacial score (nSPS) is 17.3. The molecule has 2 unspecified atom stereocenters. The van der Waals surface area contributed by atoms with Crippen molar-refractivity contribution < 1.29 is 4.84 Å². The minimum Gasteiger partial charge on any atom is -0.292 e. The van der Waals surface area contributed by atoms with Gasteiger partial charge < -0.3 is 0 Å². The lowest BCUT2D eigenvalue weighted by Gasteiger charge is -2.36. The van der Waals surface area contributed by atoms with E-state index in [2.05, 4.69) is 169 Å². The predicted octanol–water partition coefficient (Wildman–Crippen LogP) is 11.0. The summed E-state index contributed by atoms with van der Waals surface area (Å²) in [6.45, 7) is 3.49. The van der Waals surface area contributed by atoms with E-state index in [0.29, 0.717) is 30.2 Å². The van der Waals surface area contributed by atoms with Crippen molar-refractivity contribution in [2.45, 2.75) is 69.2 Å². The second-order valence-corrected chi connectivity index (χ2v) is 17.6. The summed E-state index contributed by atoms with van der Waals surface area (Å²) in [6, 6.07) is 65.2. The molecular weight excluding hydrogens is 815 g/mol. The zero-order valence-electron chi connectivity index (χ0n) is 37.1. The van der Waals surface area contributed by atoms with Crippen molar-refractivity contribution in [2.75, 3.05) is 6.54 Å². The van der Waals surface area contributed by atoms with E-state index in [4.69, 9.17) is 20.1 Å². The molecule has 4 heterocycles. The molecule has 2 aromatic heterocycles. The molecule has 2 aliphatic heterocycles. The zero-order chi connectivity index (χ0) is 44.5. The smallest absolute Gasteiger partial charge is 0.261 e. The SMILES string of the molecule is CCCCc1nc2ccc(C3(c4ccccc4)CC4CCCN4O3)cc2c(=O)n1Cc1ccc(-c2ccccc2-c2nnnn2C(c2ccccc2)(c2ccccc2)c2ccccc2)cc1. The highest BCUT2D eigenvalue weighted by molar-refractivity contribution is 5.81. The lowest BCUT2D eigenvalue weighted by molar-refractivity contribution is -0.183. The van der Waals surface area contributed by atoms with Gasteiger partial charge in [-0.2, -0.15) is 5.06 Å². The topological polar surface area (TPSA) is 91.0 Å². The number of hydroxylamine groups is 2. The Morgan fingerprint density at radius 1 is 0.697 bits per heavy atom. The fraction of sp³-hybridized carbons (Fsp3) is 0.211. The van der Waals surface area contributed by atoms with Crippen LogP contribution in [0.25, 0.3) is 33.4 Å². The van der Waals surface area contributed by atoms with Crippen LogP contribution in [0.2, 0.25) is 0 Å². The van der Waals surface area contributed by atoms with Crippen LogP contribution in [0.15, 0.2) is 193 Å². The Morgan fingerprint density at radius 3 is 1.95 bits per heavy atom. The molecule has 2 saturated heterocycles. The van der Waals surface area contributed by atoms with E-state index in [-0.39, 0.29) is 5.56 Å². The Hall–Kier alpha value is -7.33. The minimum absolute atomic E-state index is 0.0327. The number of rotatable bonds is 13. The standard InChI is InChI=1S/C57H51N7O2/c1-2-3-30-53-58-52-36-35-47(56(43-19-8-4-9-20-43)39-48-27-18-37-63(48)66-56)38-51(52)55(65)62(53)40-41-31-33-42(34-32-41)49-28-16-17-29-50(49)54-59-60-61-64(54)57(44-21-10-5-11-22-44,45-23-12-6-13-24-45)46-25-14-7-15-26-46/h4-17,19-26,28-29,31-36,38,48H,2-3,18,27,30,37,39-40H2,1H3. The van der Waals surface area contributed by atoms with E-state index >= 15 is 0 Å². The number of fused-ring (bicyclic) bond motifs is 2. The fourth-order valence-corrected chi connectivity index (χ4v) is 10.5. The first-order valence-electron chi connectivity index (χ1n) is 23.3. The Balaban J connectivity index is 0.974. The molecule has 0 saturated carbocycles. The number of benzene rings is 7. The number of hydrogen-bond acceptors (Lipinski definition) is 7. The summed E-state index contributed by atoms with van der Waals surface area (Å²) in [5, 5.41) is 16.7. The summed E-state index contributed by atoms with van der Waals surface area (Å²) in [7, 11) is 0. The summed E-state index contributed by atoms with van der Waals surface area (Å²) in [5.74, 6) is 1.44. The Morgan fingerprint density at radius 2 is 1.32 bits per heavy atom. The molecule has 11 rings (SSSR count). The van der Waals surface area contributed by atoms with E-state index in [1.165, 1.54) is 0 Å². The average Bonchev–Trinajstić information content (AvgIpc) is 4.14. The molecular formula is C57H51N7O2. The number of aryl methyl sites for hydroxylation is 1. The van der Waals surface area contributed by atoms with Crippen molar-refractivity contribution in [2.24, 2.45) is 0 Å². The van der Waals surface area contributed by atoms with Crippen molar-refractivity contribution in [1.82, 2.24) is 34.8 Å². The quantitative estimate of drug-likeness (QED) is 0.107. The third-order valence-electron chi connectivity index (χ3n) is 13.7. The van der Waals surface area contributed by atoms with Crippen molar-refractivity contribution in [3.8, 4) is 22.5 Å². The van der Waals surface area contributed by atoms with Crippen LogP contribution in [0.3, 0.4) is 0 Å². The molecule has 0 N–H and O–H groups in total. The third kappa shape index (κ3) is 7.16. The van der Waals surface area contributed by atoms with Crippen LogP contribution < -0.4 is 5.56 Å². The van der Waals surface area contributed by atoms with Crippen molar-refractivity contribution in [3.63, 3.8) is 0 Å². The van der Waals surface area contributed by atoms with Gasteiger partial charge in [-0.1, -0.05) is 189 Å². The molecule has 9 aromatic rings. The van der Waals surface area contributed by atoms with Gasteiger partial charge >= 0.3 is 0 Å². The number of unbranched alkanes of at least 4 members (excludes halogenated alkanes) is 1. The molecule has 0 amide bonds. The maximum atomic E-state index is 14.9. The van der Waals surface area contributed by atoms with Crippen LogP contribution in [-0.2, 0) is 28.9 Å². The summed E-state index contributed by atoms with van der Waals surface area (Å²) in [6.07, 6.45) is 5.74. The Labute approximate surface area is 385 Å². The minimum atomic E-state index is -0.889. The summed E-state index contributed by atoms with van der Waals surface area (Å²) >= 11 is 0. The van der Waals surface area contributed by atoms with Crippen molar-refractivity contribution in [1.29, 1.82) is 0 Å².